The van der Waals surface area contributed by atoms with Gasteiger partial charge in [-0.15, -0.1) is 0 Å². The monoisotopic (exact) mass is 603 g/mol. The normalized spacial score (nSPS) is 17.6. The molecule has 42 heavy (non-hydrogen) atoms. The smallest absolute Gasteiger partial charge is 0.416 e. The number of hydrogen-bond acceptors (Lipinski definition) is 4. The van der Waals surface area contributed by atoms with Gasteiger partial charge in [-0.25, -0.2) is 9.48 Å². The van der Waals surface area contributed by atoms with Crippen molar-refractivity contribution in [1.29, 1.82) is 0 Å². The molecule has 2 aliphatic rings. The van der Waals surface area contributed by atoms with Crippen LogP contribution in [0.15, 0.2) is 42.5 Å². The van der Waals surface area contributed by atoms with Crippen molar-refractivity contribution in [2.75, 3.05) is 26.3 Å². The largest absolute Gasteiger partial charge is 0.465 e. The summed E-state index contributed by atoms with van der Waals surface area (Å²) in [6.07, 6.45) is -2.48. The number of likely N-dealkylation sites (tertiary alicyclic amines) is 1. The number of ether oxygens (including phenoxy) is 2. The summed E-state index contributed by atoms with van der Waals surface area (Å²) in [4.78, 5) is 12.9. The van der Waals surface area contributed by atoms with E-state index >= 15 is 0 Å². The van der Waals surface area contributed by atoms with Crippen LogP contribution in [0.5, 0.6) is 0 Å². The number of rotatable bonds is 11. The van der Waals surface area contributed by atoms with Crippen LogP contribution in [0.2, 0.25) is 25.7 Å². The number of piperidine rings is 1. The van der Waals surface area contributed by atoms with Crippen molar-refractivity contribution in [1.82, 2.24) is 14.7 Å². The second-order valence-electron chi connectivity index (χ2n) is 12.9. The summed E-state index contributed by atoms with van der Waals surface area (Å²) in [7, 11) is -1.29. The maximum atomic E-state index is 14.1. The standard InChI is InChI=1S/C31H40F3N3O4Si/c1-42(2,3)16-15-40-21-37-28(22-9-10-22)26-18-25(31(32,33)34)17-23(27(26)35-37)19-41-20-30(24-7-5-4-6-8-24)11-13-36(14-12-30)29(38)39/h4-8,17-18,22H,9-16,19-21H2,1-3H3,(H,38,39). The number of alkyl halides is 3. The highest BCUT2D eigenvalue weighted by molar-refractivity contribution is 6.76. The first-order valence-electron chi connectivity index (χ1n) is 14.7. The first-order chi connectivity index (χ1) is 19.9. The Bertz CT molecular complexity index is 1390. The molecule has 0 atom stereocenters. The molecule has 2 fully saturated rings. The van der Waals surface area contributed by atoms with Crippen LogP contribution in [0.4, 0.5) is 18.0 Å². The van der Waals surface area contributed by atoms with Crippen molar-refractivity contribution < 1.29 is 32.5 Å². The van der Waals surface area contributed by atoms with Crippen molar-refractivity contribution in [2.45, 2.75) is 82.2 Å². The minimum absolute atomic E-state index is 0.0325. The van der Waals surface area contributed by atoms with Gasteiger partial charge < -0.3 is 19.5 Å². The van der Waals surface area contributed by atoms with Gasteiger partial charge in [-0.05, 0) is 49.4 Å². The molecule has 7 nitrogen and oxygen atoms in total. The zero-order valence-corrected chi connectivity index (χ0v) is 25.5. The average Bonchev–Trinajstić information content (AvgIpc) is 3.70. The fraction of sp³-hybridized carbons (Fsp3) is 0.548. The molecule has 1 saturated carbocycles. The Hall–Kier alpha value is -2.89. The number of halogens is 3. The van der Waals surface area contributed by atoms with Gasteiger partial charge in [-0.2, -0.15) is 18.3 Å². The summed E-state index contributed by atoms with van der Waals surface area (Å²) in [6, 6.07) is 13.2. The van der Waals surface area contributed by atoms with Gasteiger partial charge in [0.15, 0.2) is 0 Å². The molecule has 0 bridgehead atoms. The van der Waals surface area contributed by atoms with Gasteiger partial charge in [0.25, 0.3) is 0 Å². The van der Waals surface area contributed by atoms with E-state index in [0.29, 0.717) is 49.0 Å². The summed E-state index contributed by atoms with van der Waals surface area (Å²) in [5.41, 5.74) is 1.63. The molecule has 0 radical (unpaired) electrons. The maximum Gasteiger partial charge on any atom is 0.416 e. The maximum absolute atomic E-state index is 14.1. The number of benzene rings is 2. The van der Waals surface area contributed by atoms with Crippen LogP contribution >= 0.6 is 0 Å². The molecule has 5 rings (SSSR count). The van der Waals surface area contributed by atoms with E-state index in [0.717, 1.165) is 36.2 Å². The molecule has 0 spiro atoms. The van der Waals surface area contributed by atoms with E-state index in [4.69, 9.17) is 14.6 Å². The Labute approximate surface area is 245 Å². The number of carbonyl (C=O) groups is 1. The predicted molar refractivity (Wildman–Crippen MR) is 157 cm³/mol. The third-order valence-corrected chi connectivity index (χ3v) is 10.2. The Morgan fingerprint density at radius 2 is 1.79 bits per heavy atom. The highest BCUT2D eigenvalue weighted by atomic mass is 28.3. The van der Waals surface area contributed by atoms with Crippen LogP contribution < -0.4 is 0 Å². The molecule has 1 aliphatic heterocycles. The molecule has 2 aromatic carbocycles. The van der Waals surface area contributed by atoms with Gasteiger partial charge in [0.05, 0.1) is 30.0 Å². The Morgan fingerprint density at radius 3 is 2.38 bits per heavy atom. The van der Waals surface area contributed by atoms with Crippen LogP contribution in [-0.4, -0.2) is 60.3 Å². The summed E-state index contributed by atoms with van der Waals surface area (Å²) in [5, 5.41) is 14.8. The zero-order chi connectivity index (χ0) is 30.1. The van der Waals surface area contributed by atoms with Gasteiger partial charge in [-0.1, -0.05) is 50.0 Å². The molecule has 1 aliphatic carbocycles. The van der Waals surface area contributed by atoms with E-state index in [2.05, 4.69) is 19.6 Å². The number of amides is 1. The van der Waals surface area contributed by atoms with Gasteiger partial charge in [0.1, 0.15) is 6.73 Å². The average molecular weight is 604 g/mol. The van der Waals surface area contributed by atoms with Crippen molar-refractivity contribution >= 4 is 25.1 Å². The Morgan fingerprint density at radius 1 is 1.10 bits per heavy atom. The third kappa shape index (κ3) is 7.00. The highest BCUT2D eigenvalue weighted by Gasteiger charge is 2.39. The van der Waals surface area contributed by atoms with Crippen molar-refractivity contribution in [3.8, 4) is 0 Å². The number of aromatic nitrogens is 2. The molecule has 1 amide bonds. The molecule has 2 heterocycles. The van der Waals surface area contributed by atoms with E-state index < -0.39 is 31.3 Å². The number of carboxylic acid groups (broad SMARTS) is 1. The van der Waals surface area contributed by atoms with Crippen molar-refractivity contribution in [2.24, 2.45) is 0 Å². The zero-order valence-electron chi connectivity index (χ0n) is 24.5. The molecule has 3 aromatic rings. The second-order valence-corrected chi connectivity index (χ2v) is 18.6. The van der Waals surface area contributed by atoms with Gasteiger partial charge in [0, 0.05) is 50.1 Å². The fourth-order valence-electron chi connectivity index (χ4n) is 5.80. The lowest BCUT2D eigenvalue weighted by Crippen LogP contribution is -2.47. The third-order valence-electron chi connectivity index (χ3n) is 8.48. The SMILES string of the molecule is C[Si](C)(C)CCOCn1nc2c(COCC3(c4ccccc4)CCN(C(=O)O)CC3)cc(C(F)(F)F)cc2c1C1CC1. The Balaban J connectivity index is 1.42. The summed E-state index contributed by atoms with van der Waals surface area (Å²) >= 11 is 0. The van der Waals surface area contributed by atoms with Crippen LogP contribution in [0, 0.1) is 0 Å². The van der Waals surface area contributed by atoms with E-state index in [-0.39, 0.29) is 25.9 Å². The van der Waals surface area contributed by atoms with E-state index in [1.54, 1.807) is 4.68 Å². The number of fused-ring (bicyclic) bond motifs is 1. The predicted octanol–water partition coefficient (Wildman–Crippen LogP) is 7.47. The molecule has 1 aromatic heterocycles. The molecule has 1 saturated heterocycles. The fourth-order valence-corrected chi connectivity index (χ4v) is 6.56. The topological polar surface area (TPSA) is 76.8 Å². The van der Waals surface area contributed by atoms with Crippen molar-refractivity contribution in [3.63, 3.8) is 0 Å². The molecule has 1 N–H and O–H groups in total. The lowest BCUT2D eigenvalue weighted by atomic mass is 9.73. The van der Waals surface area contributed by atoms with Crippen LogP contribution in [0.3, 0.4) is 0 Å². The first-order valence-corrected chi connectivity index (χ1v) is 18.4. The quantitative estimate of drug-likeness (QED) is 0.182. The van der Waals surface area contributed by atoms with E-state index in [1.807, 2.05) is 30.3 Å². The van der Waals surface area contributed by atoms with Gasteiger partial charge in [-0.3, -0.25) is 0 Å². The first kappa shape index (κ1) is 30.6. The van der Waals surface area contributed by atoms with Gasteiger partial charge in [0.2, 0.25) is 0 Å². The van der Waals surface area contributed by atoms with E-state index in [9.17, 15) is 23.1 Å². The van der Waals surface area contributed by atoms with Crippen LogP contribution in [0.25, 0.3) is 10.9 Å². The summed E-state index contributed by atoms with van der Waals surface area (Å²) in [5.74, 6) is 0.175. The van der Waals surface area contributed by atoms with E-state index in [1.165, 1.54) is 11.0 Å². The summed E-state index contributed by atoms with van der Waals surface area (Å²) < 4.78 is 56.2. The highest BCUT2D eigenvalue weighted by Crippen LogP contribution is 2.45. The van der Waals surface area contributed by atoms with Crippen LogP contribution in [0.1, 0.15) is 54.0 Å². The lowest BCUT2D eigenvalue weighted by Gasteiger charge is -2.41. The second kappa shape index (κ2) is 12.0. The molecule has 228 valence electrons. The van der Waals surface area contributed by atoms with Gasteiger partial charge >= 0.3 is 12.3 Å². The Kier molecular flexibility index (Phi) is 8.74. The minimum atomic E-state index is -4.51. The number of hydrogen-bond donors (Lipinski definition) is 1. The minimum Gasteiger partial charge on any atom is -0.465 e. The molecular formula is C31H40F3N3O4Si. The number of nitrogens with zero attached hydrogens (tertiary/aromatic N) is 3. The molecule has 11 heteroatoms. The molecule has 0 unspecified atom stereocenters. The molecular weight excluding hydrogens is 563 g/mol. The van der Waals surface area contributed by atoms with Crippen LogP contribution in [-0.2, 0) is 34.4 Å². The lowest BCUT2D eigenvalue weighted by molar-refractivity contribution is -0.137. The summed E-state index contributed by atoms with van der Waals surface area (Å²) in [6.45, 7) is 8.60. The van der Waals surface area contributed by atoms with Crippen molar-refractivity contribution in [3.05, 3.63) is 64.8 Å².